The fourth-order valence-electron chi connectivity index (χ4n) is 4.46. The van der Waals surface area contributed by atoms with Crippen LogP contribution in [0, 0.1) is 17.5 Å². The third-order valence-electron chi connectivity index (χ3n) is 6.36. The lowest BCUT2D eigenvalue weighted by Crippen LogP contribution is -2.38. The summed E-state index contributed by atoms with van der Waals surface area (Å²) in [4.78, 5) is 13.0. The second kappa shape index (κ2) is 12.5. The molecule has 1 fully saturated rings. The van der Waals surface area contributed by atoms with Crippen molar-refractivity contribution in [3.63, 3.8) is 0 Å². The quantitative estimate of drug-likeness (QED) is 0.213. The van der Waals surface area contributed by atoms with Crippen molar-refractivity contribution >= 4 is 17.2 Å². The van der Waals surface area contributed by atoms with E-state index in [9.17, 15) is 13.2 Å². The maximum atomic E-state index is 15.3. The third-order valence-corrected chi connectivity index (χ3v) is 6.80. The molecule has 13 heteroatoms. The topological polar surface area (TPSA) is 121 Å². The van der Waals surface area contributed by atoms with Crippen molar-refractivity contribution in [3.05, 3.63) is 95.6 Å². The molecule has 3 heterocycles. The first-order valence-corrected chi connectivity index (χ1v) is 13.5. The van der Waals surface area contributed by atoms with Gasteiger partial charge in [0.05, 0.1) is 17.3 Å². The van der Waals surface area contributed by atoms with Crippen molar-refractivity contribution in [2.45, 2.75) is 24.9 Å². The Balaban J connectivity index is 1.44. The third kappa shape index (κ3) is 6.28. The van der Waals surface area contributed by atoms with Crippen LogP contribution in [0.15, 0.2) is 67.0 Å². The largest absolute Gasteiger partial charge is 0.435 e. The number of halogens is 3. The van der Waals surface area contributed by atoms with Crippen LogP contribution in [0.2, 0.25) is 0 Å². The summed E-state index contributed by atoms with van der Waals surface area (Å²) in [5.74, 6) is -3.62. The number of nitrogens with one attached hydrogen (secondary N) is 3. The first-order valence-electron chi connectivity index (χ1n) is 12.4. The number of hydrogen-bond donors (Lipinski definition) is 4. The molecule has 9 nitrogen and oxygen atoms in total. The summed E-state index contributed by atoms with van der Waals surface area (Å²) in [7, 11) is 0. The summed E-state index contributed by atoms with van der Waals surface area (Å²) in [6.45, 7) is 1.76. The summed E-state index contributed by atoms with van der Waals surface area (Å²) in [6, 6.07) is 11.3. The van der Waals surface area contributed by atoms with Crippen LogP contribution in [-0.4, -0.2) is 42.8 Å². The predicted octanol–water partition coefficient (Wildman–Crippen LogP) is 4.73. The van der Waals surface area contributed by atoms with Gasteiger partial charge in [-0.05, 0) is 49.7 Å². The van der Waals surface area contributed by atoms with Crippen LogP contribution in [0.25, 0.3) is 11.3 Å². The minimum Gasteiger partial charge on any atom is -0.435 e. The number of aromatic nitrogens is 3. The van der Waals surface area contributed by atoms with Gasteiger partial charge in [0, 0.05) is 36.1 Å². The number of rotatable bonds is 9. The zero-order valence-electron chi connectivity index (χ0n) is 21.0. The summed E-state index contributed by atoms with van der Waals surface area (Å²) in [5, 5.41) is 6.61. The van der Waals surface area contributed by atoms with Gasteiger partial charge in [-0.2, -0.15) is 4.39 Å². The molecule has 40 heavy (non-hydrogen) atoms. The minimum absolute atomic E-state index is 0.0298. The van der Waals surface area contributed by atoms with Gasteiger partial charge in [-0.3, -0.25) is 4.55 Å². The van der Waals surface area contributed by atoms with Gasteiger partial charge in [-0.1, -0.05) is 24.3 Å². The molecule has 4 aromatic rings. The Morgan fingerprint density at radius 1 is 1.00 bits per heavy atom. The zero-order chi connectivity index (χ0) is 28.1. The summed E-state index contributed by atoms with van der Waals surface area (Å²) in [5.41, 5.74) is 0.347. The van der Waals surface area contributed by atoms with E-state index in [2.05, 4.69) is 30.3 Å². The maximum absolute atomic E-state index is 15.3. The summed E-state index contributed by atoms with van der Waals surface area (Å²) < 4.78 is 73.8. The molecular weight excluding hydrogens is 545 g/mol. The van der Waals surface area contributed by atoms with E-state index in [-0.39, 0.29) is 23.0 Å². The van der Waals surface area contributed by atoms with E-state index in [0.717, 1.165) is 44.1 Å². The Labute approximate surface area is 230 Å². The highest BCUT2D eigenvalue weighted by molar-refractivity contribution is 7.77. The van der Waals surface area contributed by atoms with Crippen molar-refractivity contribution in [3.8, 4) is 22.9 Å². The molecule has 0 saturated carbocycles. The van der Waals surface area contributed by atoms with E-state index in [1.807, 2.05) is 0 Å². The molecule has 5 rings (SSSR count). The molecule has 2 aromatic heterocycles. The average molecular weight is 571 g/mol. The van der Waals surface area contributed by atoms with E-state index in [1.54, 1.807) is 24.4 Å². The normalized spacial score (nSPS) is 16.8. The smallest absolute Gasteiger partial charge is 0.232 e. The molecule has 208 valence electrons. The standard InChI is InChI=1S/C27H25F3N6O3S/c28-20-8-2-1-6-17(20)25(36-40(37)38)19-9-10-22(24(30)23(19)29)39-26-18(7-4-13-32-26)21-11-14-33-27(35-21)34-16-5-3-12-31-15-16/h1-2,4,6-11,13-14,16,25,31,36H,3,5,12,15H2,(H,37,38)(H,33,34,35)/t16-,25-/m0/s1. The Kier molecular flexibility index (Phi) is 8.65. The molecule has 3 atom stereocenters. The van der Waals surface area contributed by atoms with Crippen molar-refractivity contribution in [1.29, 1.82) is 0 Å². The van der Waals surface area contributed by atoms with E-state index in [0.29, 0.717) is 17.2 Å². The van der Waals surface area contributed by atoms with Crippen molar-refractivity contribution in [2.75, 3.05) is 18.4 Å². The van der Waals surface area contributed by atoms with Gasteiger partial charge in [-0.15, -0.1) is 0 Å². The zero-order valence-corrected chi connectivity index (χ0v) is 21.8. The number of hydrogen-bond acceptors (Lipinski definition) is 7. The number of nitrogens with zero attached hydrogens (tertiary/aromatic N) is 3. The molecule has 0 bridgehead atoms. The van der Waals surface area contributed by atoms with Crippen molar-refractivity contribution in [2.24, 2.45) is 0 Å². The van der Waals surface area contributed by atoms with Gasteiger partial charge < -0.3 is 15.4 Å². The second-order valence-corrected chi connectivity index (χ2v) is 9.75. The molecule has 1 aliphatic rings. The van der Waals surface area contributed by atoms with Gasteiger partial charge in [0.25, 0.3) is 0 Å². The highest BCUT2D eigenvalue weighted by atomic mass is 32.2. The molecule has 1 unspecified atom stereocenters. The van der Waals surface area contributed by atoms with Crippen LogP contribution in [0.5, 0.6) is 11.6 Å². The van der Waals surface area contributed by atoms with E-state index in [4.69, 9.17) is 4.74 Å². The van der Waals surface area contributed by atoms with Gasteiger partial charge in [0.1, 0.15) is 5.82 Å². The lowest BCUT2D eigenvalue weighted by atomic mass is 9.98. The van der Waals surface area contributed by atoms with Crippen LogP contribution in [0.1, 0.15) is 30.0 Å². The SMILES string of the molecule is O=S(O)N[C@@H](c1ccccc1F)c1ccc(Oc2ncccc2-c2ccnc(N[C@H]3CCCNC3)n2)c(F)c1F. The second-order valence-electron chi connectivity index (χ2n) is 9.01. The van der Waals surface area contributed by atoms with Crippen LogP contribution >= 0.6 is 0 Å². The minimum atomic E-state index is -2.65. The van der Waals surface area contributed by atoms with Gasteiger partial charge in [0.2, 0.25) is 28.9 Å². The first kappa shape index (κ1) is 27.6. The van der Waals surface area contributed by atoms with Gasteiger partial charge in [-0.25, -0.2) is 32.7 Å². The Bertz CT molecular complexity index is 1520. The molecule has 0 amide bonds. The molecule has 4 N–H and O–H groups in total. The highest BCUT2D eigenvalue weighted by Gasteiger charge is 2.27. The average Bonchev–Trinajstić information content (AvgIpc) is 2.96. The Morgan fingerprint density at radius 2 is 1.85 bits per heavy atom. The number of anilines is 1. The molecule has 1 aliphatic heterocycles. The predicted molar refractivity (Wildman–Crippen MR) is 143 cm³/mol. The number of ether oxygens (including phenoxy) is 1. The van der Waals surface area contributed by atoms with Gasteiger partial charge >= 0.3 is 0 Å². The first-order chi connectivity index (χ1) is 19.4. The van der Waals surface area contributed by atoms with Crippen LogP contribution < -0.4 is 20.1 Å². The van der Waals surface area contributed by atoms with E-state index in [1.165, 1.54) is 24.4 Å². The molecule has 0 radical (unpaired) electrons. The van der Waals surface area contributed by atoms with Crippen molar-refractivity contribution < 1.29 is 26.7 Å². The number of benzene rings is 2. The Morgan fingerprint density at radius 3 is 2.62 bits per heavy atom. The summed E-state index contributed by atoms with van der Waals surface area (Å²) in [6.07, 6.45) is 5.02. The number of pyridine rings is 1. The lowest BCUT2D eigenvalue weighted by molar-refractivity contribution is 0.401. The van der Waals surface area contributed by atoms with Crippen LogP contribution in [0.3, 0.4) is 0 Å². The van der Waals surface area contributed by atoms with E-state index < -0.39 is 40.5 Å². The fraction of sp³-hybridized carbons (Fsp3) is 0.222. The molecule has 0 aliphatic carbocycles. The summed E-state index contributed by atoms with van der Waals surface area (Å²) >= 11 is -2.65. The molecule has 1 saturated heterocycles. The number of piperidine rings is 1. The van der Waals surface area contributed by atoms with Gasteiger partial charge in [0.15, 0.2) is 11.6 Å². The maximum Gasteiger partial charge on any atom is 0.232 e. The molecule has 2 aromatic carbocycles. The molecule has 0 spiro atoms. The van der Waals surface area contributed by atoms with Crippen LogP contribution in [-0.2, 0) is 11.3 Å². The highest BCUT2D eigenvalue weighted by Crippen LogP contribution is 2.35. The van der Waals surface area contributed by atoms with Crippen molar-refractivity contribution in [1.82, 2.24) is 25.0 Å². The Hall–Kier alpha value is -3.91. The molecular formula is C27H25F3N6O3S. The monoisotopic (exact) mass is 570 g/mol. The fourth-order valence-corrected chi connectivity index (χ4v) is 4.92. The van der Waals surface area contributed by atoms with E-state index >= 15 is 8.78 Å². The lowest BCUT2D eigenvalue weighted by Gasteiger charge is -2.23. The van der Waals surface area contributed by atoms with Crippen LogP contribution in [0.4, 0.5) is 19.1 Å².